The predicted molar refractivity (Wildman–Crippen MR) is 94.1 cm³/mol. The van der Waals surface area contributed by atoms with Crippen molar-refractivity contribution >= 4 is 50.5 Å². The number of sulfone groups is 1. The zero-order valence-electron chi connectivity index (χ0n) is 13.2. The Hall–Kier alpha value is -1.31. The third-order valence-corrected chi connectivity index (χ3v) is 6.49. The Morgan fingerprint density at radius 1 is 1.21 bits per heavy atom. The lowest BCUT2D eigenvalue weighted by atomic mass is 9.90. The van der Waals surface area contributed by atoms with Gasteiger partial charge in [-0.2, -0.15) is 0 Å². The lowest BCUT2D eigenvalue weighted by Gasteiger charge is -2.25. The zero-order chi connectivity index (χ0) is 18.1. The third kappa shape index (κ3) is 4.20. The number of nitrogens with one attached hydrogen (secondary N) is 2. The van der Waals surface area contributed by atoms with Crippen LogP contribution in [0.1, 0.15) is 20.3 Å². The molecule has 0 saturated carbocycles. The van der Waals surface area contributed by atoms with E-state index in [4.69, 9.17) is 23.2 Å². The van der Waals surface area contributed by atoms with Crippen LogP contribution in [0.2, 0.25) is 10.0 Å². The average molecular weight is 393 g/mol. The average Bonchev–Trinajstić information content (AvgIpc) is 2.82. The molecule has 0 radical (unpaired) electrons. The Bertz CT molecular complexity index is 778. The van der Waals surface area contributed by atoms with E-state index in [-0.39, 0.29) is 21.6 Å². The second-order valence-electron chi connectivity index (χ2n) is 6.25. The first kappa shape index (κ1) is 19.0. The SMILES string of the molecule is CC(C)(C(=O)Nc1cccc(Cl)c1Cl)C(=O)NC1CCS(=O)(=O)C1. The smallest absolute Gasteiger partial charge is 0.239 e. The molecule has 1 aromatic rings. The molecule has 1 aliphatic rings. The normalized spacial score (nSPS) is 19.8. The largest absolute Gasteiger partial charge is 0.351 e. The third-order valence-electron chi connectivity index (χ3n) is 3.90. The van der Waals surface area contributed by atoms with Crippen LogP contribution in [-0.4, -0.2) is 37.8 Å². The number of benzene rings is 1. The van der Waals surface area contributed by atoms with Crippen LogP contribution in [0.5, 0.6) is 0 Å². The number of rotatable bonds is 4. The van der Waals surface area contributed by atoms with Crippen molar-refractivity contribution < 1.29 is 18.0 Å². The highest BCUT2D eigenvalue weighted by Crippen LogP contribution is 2.31. The van der Waals surface area contributed by atoms with E-state index >= 15 is 0 Å². The van der Waals surface area contributed by atoms with E-state index in [9.17, 15) is 18.0 Å². The van der Waals surface area contributed by atoms with Crippen molar-refractivity contribution in [1.29, 1.82) is 0 Å². The van der Waals surface area contributed by atoms with Crippen molar-refractivity contribution in [3.63, 3.8) is 0 Å². The monoisotopic (exact) mass is 392 g/mol. The van der Waals surface area contributed by atoms with Gasteiger partial charge in [0.05, 0.1) is 27.2 Å². The number of halogens is 2. The van der Waals surface area contributed by atoms with Crippen molar-refractivity contribution in [2.75, 3.05) is 16.8 Å². The molecule has 0 bridgehead atoms. The van der Waals surface area contributed by atoms with Crippen LogP contribution in [0.3, 0.4) is 0 Å². The first-order chi connectivity index (χ1) is 11.0. The van der Waals surface area contributed by atoms with Crippen molar-refractivity contribution in [3.8, 4) is 0 Å². The van der Waals surface area contributed by atoms with Gasteiger partial charge < -0.3 is 10.6 Å². The molecule has 1 heterocycles. The molecule has 1 aromatic carbocycles. The number of carbonyl (C=O) groups is 2. The number of hydrogen-bond acceptors (Lipinski definition) is 4. The van der Waals surface area contributed by atoms with Crippen molar-refractivity contribution in [2.24, 2.45) is 5.41 Å². The summed E-state index contributed by atoms with van der Waals surface area (Å²) in [7, 11) is -3.11. The minimum atomic E-state index is -3.11. The second-order valence-corrected chi connectivity index (χ2v) is 9.27. The summed E-state index contributed by atoms with van der Waals surface area (Å²) in [5.41, 5.74) is -1.10. The molecule has 1 fully saturated rings. The number of hydrogen-bond donors (Lipinski definition) is 2. The van der Waals surface area contributed by atoms with Crippen molar-refractivity contribution in [1.82, 2.24) is 5.32 Å². The maximum absolute atomic E-state index is 12.4. The fourth-order valence-electron chi connectivity index (χ4n) is 2.26. The molecular weight excluding hydrogens is 375 g/mol. The van der Waals surface area contributed by atoms with Gasteiger partial charge in [0.1, 0.15) is 5.41 Å². The van der Waals surface area contributed by atoms with Crippen LogP contribution < -0.4 is 10.6 Å². The molecule has 132 valence electrons. The van der Waals surface area contributed by atoms with Gasteiger partial charge in [0, 0.05) is 6.04 Å². The van der Waals surface area contributed by atoms with Gasteiger partial charge in [-0.25, -0.2) is 8.42 Å². The molecule has 9 heteroatoms. The van der Waals surface area contributed by atoms with Crippen LogP contribution in [0.4, 0.5) is 5.69 Å². The molecule has 0 spiro atoms. The van der Waals surface area contributed by atoms with E-state index in [1.807, 2.05) is 0 Å². The predicted octanol–water partition coefficient (Wildman–Crippen LogP) is 2.26. The molecule has 0 aliphatic carbocycles. The first-order valence-corrected chi connectivity index (χ1v) is 9.87. The summed E-state index contributed by atoms with van der Waals surface area (Å²) in [6, 6.07) is 4.31. The number of anilines is 1. The maximum Gasteiger partial charge on any atom is 0.239 e. The van der Waals surface area contributed by atoms with E-state index in [1.165, 1.54) is 13.8 Å². The van der Waals surface area contributed by atoms with Crippen LogP contribution in [0, 0.1) is 5.41 Å². The van der Waals surface area contributed by atoms with Crippen LogP contribution in [-0.2, 0) is 19.4 Å². The molecule has 2 rings (SSSR count). The number of amides is 2. The Morgan fingerprint density at radius 3 is 2.46 bits per heavy atom. The molecule has 2 amide bonds. The summed E-state index contributed by atoms with van der Waals surface area (Å²) in [5, 5.41) is 5.68. The topological polar surface area (TPSA) is 92.3 Å². The van der Waals surface area contributed by atoms with Gasteiger partial charge in [-0.05, 0) is 32.4 Å². The Balaban J connectivity index is 2.07. The number of carbonyl (C=O) groups excluding carboxylic acids is 2. The van der Waals surface area contributed by atoms with Gasteiger partial charge in [0.25, 0.3) is 0 Å². The maximum atomic E-state index is 12.4. The summed E-state index contributed by atoms with van der Waals surface area (Å²) >= 11 is 11.9. The second kappa shape index (κ2) is 6.90. The minimum absolute atomic E-state index is 0.0443. The van der Waals surface area contributed by atoms with E-state index in [2.05, 4.69) is 10.6 Å². The lowest BCUT2D eigenvalue weighted by molar-refractivity contribution is -0.138. The van der Waals surface area contributed by atoms with Crippen LogP contribution in [0.15, 0.2) is 18.2 Å². The Kier molecular flexibility index (Phi) is 5.47. The summed E-state index contributed by atoms with van der Waals surface area (Å²) in [6.45, 7) is 2.92. The lowest BCUT2D eigenvalue weighted by Crippen LogP contribution is -2.48. The summed E-state index contributed by atoms with van der Waals surface area (Å²) in [6.07, 6.45) is 0.353. The first-order valence-electron chi connectivity index (χ1n) is 7.30. The van der Waals surface area contributed by atoms with E-state index in [1.54, 1.807) is 18.2 Å². The molecule has 1 unspecified atom stereocenters. The van der Waals surface area contributed by atoms with E-state index < -0.39 is 33.1 Å². The highest BCUT2D eigenvalue weighted by atomic mass is 35.5. The minimum Gasteiger partial charge on any atom is -0.351 e. The molecule has 0 aromatic heterocycles. The van der Waals surface area contributed by atoms with E-state index in [0.29, 0.717) is 12.1 Å². The van der Waals surface area contributed by atoms with Crippen LogP contribution >= 0.6 is 23.2 Å². The molecule has 1 saturated heterocycles. The molecule has 1 aliphatic heterocycles. The van der Waals surface area contributed by atoms with Gasteiger partial charge in [0.2, 0.25) is 11.8 Å². The van der Waals surface area contributed by atoms with E-state index in [0.717, 1.165) is 0 Å². The molecule has 6 nitrogen and oxygen atoms in total. The fraction of sp³-hybridized carbons (Fsp3) is 0.467. The Morgan fingerprint density at radius 2 is 1.88 bits per heavy atom. The summed E-state index contributed by atoms with van der Waals surface area (Å²) in [4.78, 5) is 24.8. The Labute approximate surface area is 150 Å². The molecular formula is C15H18Cl2N2O4S. The van der Waals surface area contributed by atoms with Gasteiger partial charge in [-0.3, -0.25) is 9.59 Å². The van der Waals surface area contributed by atoms with Crippen molar-refractivity contribution in [3.05, 3.63) is 28.2 Å². The van der Waals surface area contributed by atoms with Crippen LogP contribution in [0.25, 0.3) is 0 Å². The summed E-state index contributed by atoms with van der Waals surface area (Å²) in [5.74, 6) is -1.16. The van der Waals surface area contributed by atoms with Gasteiger partial charge in [0.15, 0.2) is 9.84 Å². The van der Waals surface area contributed by atoms with Gasteiger partial charge in [-0.1, -0.05) is 29.3 Å². The summed E-state index contributed by atoms with van der Waals surface area (Å²) < 4.78 is 22.9. The van der Waals surface area contributed by atoms with Gasteiger partial charge in [-0.15, -0.1) is 0 Å². The molecule has 2 N–H and O–H groups in total. The molecule has 1 atom stereocenters. The fourth-order valence-corrected chi connectivity index (χ4v) is 4.28. The standard InChI is InChI=1S/C15H18Cl2N2O4S/c1-15(2,13(20)18-9-6-7-24(22,23)8-9)14(21)19-11-5-3-4-10(16)12(11)17/h3-5,9H,6-8H2,1-2H3,(H,18,20)(H,19,21). The van der Waals surface area contributed by atoms with Crippen molar-refractivity contribution in [2.45, 2.75) is 26.3 Å². The van der Waals surface area contributed by atoms with Gasteiger partial charge >= 0.3 is 0 Å². The zero-order valence-corrected chi connectivity index (χ0v) is 15.6. The molecule has 24 heavy (non-hydrogen) atoms. The highest BCUT2D eigenvalue weighted by Gasteiger charge is 2.39. The quantitative estimate of drug-likeness (QED) is 0.768. The highest BCUT2D eigenvalue weighted by molar-refractivity contribution is 7.91.